The van der Waals surface area contributed by atoms with Gasteiger partial charge in [-0.3, -0.25) is 9.69 Å². The molecule has 0 aliphatic carbocycles. The van der Waals surface area contributed by atoms with Crippen molar-refractivity contribution in [2.24, 2.45) is 0 Å². The lowest BCUT2D eigenvalue weighted by atomic mass is 10.2. The SMILES string of the molecule is Cc1cc(C)nc(SCC(=O)NC[C@@H](c2cccs2)N2CCOCC2)n1. The highest BCUT2D eigenvalue weighted by molar-refractivity contribution is 7.99. The first-order valence-electron chi connectivity index (χ1n) is 8.69. The smallest absolute Gasteiger partial charge is 0.230 e. The fourth-order valence-electron chi connectivity index (χ4n) is 2.93. The van der Waals surface area contributed by atoms with E-state index in [2.05, 4.69) is 37.7 Å². The largest absolute Gasteiger partial charge is 0.379 e. The number of thiophene rings is 1. The normalized spacial score (nSPS) is 16.4. The van der Waals surface area contributed by atoms with Crippen LogP contribution in [-0.2, 0) is 9.53 Å². The number of ether oxygens (including phenoxy) is 1. The number of nitrogens with one attached hydrogen (secondary N) is 1. The van der Waals surface area contributed by atoms with Gasteiger partial charge in [-0.15, -0.1) is 11.3 Å². The second-order valence-corrected chi connectivity index (χ2v) is 8.13. The molecule has 0 unspecified atom stereocenters. The Hall–Kier alpha value is -1.48. The topological polar surface area (TPSA) is 67.4 Å². The zero-order valence-corrected chi connectivity index (χ0v) is 16.7. The lowest BCUT2D eigenvalue weighted by molar-refractivity contribution is -0.118. The average Bonchev–Trinajstić information content (AvgIpc) is 3.15. The maximum absolute atomic E-state index is 12.3. The summed E-state index contributed by atoms with van der Waals surface area (Å²) in [7, 11) is 0. The highest BCUT2D eigenvalue weighted by Gasteiger charge is 2.24. The van der Waals surface area contributed by atoms with Crippen molar-refractivity contribution < 1.29 is 9.53 Å². The molecule has 1 fully saturated rings. The predicted molar refractivity (Wildman–Crippen MR) is 105 cm³/mol. The van der Waals surface area contributed by atoms with E-state index in [1.807, 2.05) is 19.9 Å². The van der Waals surface area contributed by atoms with Crippen molar-refractivity contribution in [3.63, 3.8) is 0 Å². The summed E-state index contributed by atoms with van der Waals surface area (Å²) in [6, 6.07) is 6.32. The van der Waals surface area contributed by atoms with Gasteiger partial charge in [0.2, 0.25) is 5.91 Å². The van der Waals surface area contributed by atoms with Gasteiger partial charge in [-0.2, -0.15) is 0 Å². The lowest BCUT2D eigenvalue weighted by Gasteiger charge is -2.34. The highest BCUT2D eigenvalue weighted by atomic mass is 32.2. The quantitative estimate of drug-likeness (QED) is 0.577. The van der Waals surface area contributed by atoms with Crippen LogP contribution in [0, 0.1) is 13.8 Å². The molecule has 0 bridgehead atoms. The number of hydrogen-bond donors (Lipinski definition) is 1. The highest BCUT2D eigenvalue weighted by Crippen LogP contribution is 2.25. The third kappa shape index (κ3) is 5.51. The number of thioether (sulfide) groups is 1. The summed E-state index contributed by atoms with van der Waals surface area (Å²) in [5, 5.41) is 5.81. The van der Waals surface area contributed by atoms with E-state index in [1.54, 1.807) is 11.3 Å². The molecule has 1 aliphatic heterocycles. The number of amides is 1. The Kier molecular flexibility index (Phi) is 7.01. The van der Waals surface area contributed by atoms with Gasteiger partial charge >= 0.3 is 0 Å². The third-order valence-electron chi connectivity index (χ3n) is 4.14. The summed E-state index contributed by atoms with van der Waals surface area (Å²) >= 11 is 3.11. The van der Waals surface area contributed by atoms with Crippen molar-refractivity contribution >= 4 is 29.0 Å². The third-order valence-corrected chi connectivity index (χ3v) is 5.97. The van der Waals surface area contributed by atoms with E-state index in [0.717, 1.165) is 37.7 Å². The second kappa shape index (κ2) is 9.45. The van der Waals surface area contributed by atoms with E-state index >= 15 is 0 Å². The molecule has 0 saturated carbocycles. The number of morpholine rings is 1. The first-order chi connectivity index (χ1) is 12.6. The minimum absolute atomic E-state index is 0.00701. The van der Waals surface area contributed by atoms with Gasteiger partial charge in [-0.25, -0.2) is 9.97 Å². The Bertz CT molecular complexity index is 698. The molecule has 1 N–H and O–H groups in total. The zero-order valence-electron chi connectivity index (χ0n) is 15.1. The minimum atomic E-state index is 0.00701. The fourth-order valence-corrected chi connectivity index (χ4v) is 4.57. The Balaban J connectivity index is 1.53. The lowest BCUT2D eigenvalue weighted by Crippen LogP contribution is -2.43. The number of carbonyl (C=O) groups excluding carboxylic acids is 1. The van der Waals surface area contributed by atoms with Crippen molar-refractivity contribution in [3.8, 4) is 0 Å². The Morgan fingerprint density at radius 1 is 1.35 bits per heavy atom. The second-order valence-electron chi connectivity index (χ2n) is 6.21. The summed E-state index contributed by atoms with van der Waals surface area (Å²) in [5.41, 5.74) is 1.84. The molecule has 0 aromatic carbocycles. The first kappa shape index (κ1) is 19.3. The van der Waals surface area contributed by atoms with Gasteiger partial charge in [-0.05, 0) is 31.4 Å². The molecular formula is C18H24N4O2S2. The maximum Gasteiger partial charge on any atom is 0.230 e. The van der Waals surface area contributed by atoms with Crippen LogP contribution in [0.2, 0.25) is 0 Å². The molecule has 0 spiro atoms. The number of nitrogens with zero attached hydrogens (tertiary/aromatic N) is 3. The molecule has 140 valence electrons. The molecule has 3 heterocycles. The van der Waals surface area contributed by atoms with Crippen LogP contribution in [0.1, 0.15) is 22.3 Å². The van der Waals surface area contributed by atoms with E-state index in [9.17, 15) is 4.79 Å². The van der Waals surface area contributed by atoms with Gasteiger partial charge in [0.15, 0.2) is 5.16 Å². The van der Waals surface area contributed by atoms with Crippen LogP contribution in [0.3, 0.4) is 0 Å². The number of aryl methyl sites for hydroxylation is 2. The van der Waals surface area contributed by atoms with Crippen molar-refractivity contribution in [1.82, 2.24) is 20.2 Å². The number of carbonyl (C=O) groups is 1. The monoisotopic (exact) mass is 392 g/mol. The number of rotatable bonds is 7. The molecule has 26 heavy (non-hydrogen) atoms. The predicted octanol–water partition coefficient (Wildman–Crippen LogP) is 2.44. The molecule has 1 saturated heterocycles. The summed E-state index contributed by atoms with van der Waals surface area (Å²) < 4.78 is 5.46. The minimum Gasteiger partial charge on any atom is -0.379 e. The standard InChI is InChI=1S/C18H24N4O2S2/c1-13-10-14(2)21-18(20-13)26-12-17(23)19-11-15(16-4-3-9-25-16)22-5-7-24-8-6-22/h3-4,9-10,15H,5-8,11-12H2,1-2H3,(H,19,23)/t15-/m0/s1. The van der Waals surface area contributed by atoms with Crippen LogP contribution in [0.15, 0.2) is 28.7 Å². The van der Waals surface area contributed by atoms with Crippen LogP contribution < -0.4 is 5.32 Å². The fraction of sp³-hybridized carbons (Fsp3) is 0.500. The van der Waals surface area contributed by atoms with Gasteiger partial charge < -0.3 is 10.1 Å². The molecule has 8 heteroatoms. The van der Waals surface area contributed by atoms with Gasteiger partial charge in [0.05, 0.1) is 25.0 Å². The van der Waals surface area contributed by atoms with Crippen molar-refractivity contribution in [2.75, 3.05) is 38.6 Å². The first-order valence-corrected chi connectivity index (χ1v) is 10.6. The van der Waals surface area contributed by atoms with E-state index in [-0.39, 0.29) is 11.9 Å². The molecule has 3 rings (SSSR count). The number of aromatic nitrogens is 2. The van der Waals surface area contributed by atoms with E-state index in [4.69, 9.17) is 4.74 Å². The van der Waals surface area contributed by atoms with Gasteiger partial charge in [0, 0.05) is 35.9 Å². The van der Waals surface area contributed by atoms with Gasteiger partial charge in [-0.1, -0.05) is 17.8 Å². The van der Waals surface area contributed by atoms with Gasteiger partial charge in [0.1, 0.15) is 0 Å². The van der Waals surface area contributed by atoms with Crippen LogP contribution in [0.25, 0.3) is 0 Å². The average molecular weight is 393 g/mol. The summed E-state index contributed by atoms with van der Waals surface area (Å²) in [5.74, 6) is 0.330. The van der Waals surface area contributed by atoms with E-state index < -0.39 is 0 Å². The molecule has 1 atom stereocenters. The van der Waals surface area contributed by atoms with Crippen LogP contribution in [0.5, 0.6) is 0 Å². The van der Waals surface area contributed by atoms with Crippen molar-refractivity contribution in [1.29, 1.82) is 0 Å². The summed E-state index contributed by atoms with van der Waals surface area (Å²) in [4.78, 5) is 24.7. The number of hydrogen-bond acceptors (Lipinski definition) is 7. The molecule has 6 nitrogen and oxygen atoms in total. The maximum atomic E-state index is 12.3. The Morgan fingerprint density at radius 2 is 2.08 bits per heavy atom. The summed E-state index contributed by atoms with van der Waals surface area (Å²) in [6.45, 7) is 7.76. The molecular weight excluding hydrogens is 368 g/mol. The van der Waals surface area contributed by atoms with Crippen LogP contribution in [-0.4, -0.2) is 59.4 Å². The summed E-state index contributed by atoms with van der Waals surface area (Å²) in [6.07, 6.45) is 0. The van der Waals surface area contributed by atoms with E-state index in [0.29, 0.717) is 17.5 Å². The van der Waals surface area contributed by atoms with Crippen LogP contribution in [0.4, 0.5) is 0 Å². The van der Waals surface area contributed by atoms with Crippen molar-refractivity contribution in [3.05, 3.63) is 39.8 Å². The zero-order chi connectivity index (χ0) is 18.4. The molecule has 2 aromatic heterocycles. The van der Waals surface area contributed by atoms with Gasteiger partial charge in [0.25, 0.3) is 0 Å². The molecule has 1 amide bonds. The van der Waals surface area contributed by atoms with E-state index in [1.165, 1.54) is 16.6 Å². The molecule has 1 aliphatic rings. The molecule has 2 aromatic rings. The van der Waals surface area contributed by atoms with Crippen molar-refractivity contribution in [2.45, 2.75) is 25.0 Å². The Labute approximate surface area is 162 Å². The molecule has 0 radical (unpaired) electrons. The Morgan fingerprint density at radius 3 is 2.73 bits per heavy atom. The van der Waals surface area contributed by atoms with Crippen LogP contribution >= 0.6 is 23.1 Å².